The Morgan fingerprint density at radius 1 is 1.09 bits per heavy atom. The Morgan fingerprint density at radius 2 is 1.85 bits per heavy atom. The van der Waals surface area contributed by atoms with Gasteiger partial charge in [-0.3, -0.25) is 9.69 Å². The van der Waals surface area contributed by atoms with Gasteiger partial charge in [0.1, 0.15) is 11.6 Å². The maximum absolute atomic E-state index is 14.0. The van der Waals surface area contributed by atoms with E-state index in [1.54, 1.807) is 6.07 Å². The van der Waals surface area contributed by atoms with Gasteiger partial charge in [0, 0.05) is 39.0 Å². The number of nitrogens with zero attached hydrogens (tertiary/aromatic N) is 1. The molecule has 4 N–H and O–H groups in total. The van der Waals surface area contributed by atoms with Crippen molar-refractivity contribution in [2.24, 2.45) is 0 Å². The predicted octanol–water partition coefficient (Wildman–Crippen LogP) is 5.93. The average molecular weight is 524 g/mol. The Kier molecular flexibility index (Phi) is 5.55. The van der Waals surface area contributed by atoms with Crippen molar-refractivity contribution < 1.29 is 18.4 Å². The Morgan fingerprint density at radius 3 is 2.59 bits per heavy atom. The zero-order valence-electron chi connectivity index (χ0n) is 17.2. The van der Waals surface area contributed by atoms with Crippen LogP contribution < -0.4 is 21.3 Å². The summed E-state index contributed by atoms with van der Waals surface area (Å²) in [5.74, 6) is -2.02. The van der Waals surface area contributed by atoms with Crippen LogP contribution in [0.1, 0.15) is 33.1 Å². The molecule has 1 unspecified atom stereocenters. The molecule has 3 amide bonds. The highest BCUT2D eigenvalue weighted by atomic mass is 35.5. The number of urea groups is 1. The van der Waals surface area contributed by atoms with Gasteiger partial charge < -0.3 is 16.4 Å². The molecule has 3 aromatic rings. The summed E-state index contributed by atoms with van der Waals surface area (Å²) in [5, 5.41) is 5.52. The minimum Gasteiger partial charge on any atom is -0.398 e. The van der Waals surface area contributed by atoms with Crippen molar-refractivity contribution in [2.75, 3.05) is 22.5 Å². The molecule has 0 saturated heterocycles. The minimum absolute atomic E-state index is 0.00706. The van der Waals surface area contributed by atoms with Crippen molar-refractivity contribution >= 4 is 63.8 Å². The molecule has 0 spiro atoms. The third kappa shape index (κ3) is 3.72. The maximum atomic E-state index is 14.0. The zero-order valence-corrected chi connectivity index (χ0v) is 19.5. The molecular weight excluding hydrogens is 509 g/mol. The molecule has 0 bridgehead atoms. The number of nitrogen functional groups attached to an aromatic ring is 1. The second kappa shape index (κ2) is 8.30. The van der Waals surface area contributed by atoms with Gasteiger partial charge in [0.05, 0.1) is 22.4 Å². The van der Waals surface area contributed by atoms with Crippen LogP contribution in [0.4, 0.5) is 30.6 Å². The third-order valence-electron chi connectivity index (χ3n) is 5.86. The van der Waals surface area contributed by atoms with Crippen LogP contribution in [0.3, 0.4) is 0 Å². The van der Waals surface area contributed by atoms with E-state index < -0.39 is 29.6 Å². The van der Waals surface area contributed by atoms with Crippen LogP contribution >= 0.6 is 34.8 Å². The van der Waals surface area contributed by atoms with E-state index in [1.807, 2.05) is 0 Å². The predicted molar refractivity (Wildman–Crippen MR) is 128 cm³/mol. The van der Waals surface area contributed by atoms with E-state index in [0.717, 1.165) is 23.8 Å². The summed E-state index contributed by atoms with van der Waals surface area (Å²) in [4.78, 5) is 27.4. The number of nitrogens with one attached hydrogen (secondary N) is 2. The number of carbonyl (C=O) groups is 2. The summed E-state index contributed by atoms with van der Waals surface area (Å²) in [6, 6.07) is 6.15. The van der Waals surface area contributed by atoms with E-state index >= 15 is 0 Å². The van der Waals surface area contributed by atoms with Gasteiger partial charge in [0.15, 0.2) is 0 Å². The smallest absolute Gasteiger partial charge is 0.322 e. The second-order valence-electron chi connectivity index (χ2n) is 7.94. The van der Waals surface area contributed by atoms with Crippen LogP contribution in [0.15, 0.2) is 36.4 Å². The quantitative estimate of drug-likeness (QED) is 0.293. The number of halogens is 5. The van der Waals surface area contributed by atoms with E-state index in [2.05, 4.69) is 10.6 Å². The summed E-state index contributed by atoms with van der Waals surface area (Å²) in [6.07, 6.45) is 0.514. The van der Waals surface area contributed by atoms with E-state index in [0.29, 0.717) is 35.5 Å². The molecular formula is C23H15Cl3F2N4O2. The molecule has 0 radical (unpaired) electrons. The molecule has 5 rings (SSSR count). The first-order valence-electron chi connectivity index (χ1n) is 10.1. The summed E-state index contributed by atoms with van der Waals surface area (Å²) < 4.78 is 27.8. The summed E-state index contributed by atoms with van der Waals surface area (Å²) in [5.41, 5.74) is 9.03. The third-order valence-corrected chi connectivity index (χ3v) is 6.70. The van der Waals surface area contributed by atoms with Gasteiger partial charge in [-0.2, -0.15) is 0 Å². The second-order valence-corrected chi connectivity index (χ2v) is 9.19. The Bertz CT molecular complexity index is 1380. The number of nitrogens with two attached hydrogens (primary N) is 1. The van der Waals surface area contributed by atoms with Crippen molar-refractivity contribution in [1.82, 2.24) is 5.32 Å². The lowest BCUT2D eigenvalue weighted by Gasteiger charge is -2.35. The van der Waals surface area contributed by atoms with Crippen molar-refractivity contribution in [3.05, 3.63) is 85.4 Å². The molecule has 0 saturated carbocycles. The van der Waals surface area contributed by atoms with Crippen molar-refractivity contribution in [3.8, 4) is 0 Å². The minimum atomic E-state index is -0.867. The molecule has 0 aliphatic carbocycles. The largest absolute Gasteiger partial charge is 0.398 e. The SMILES string of the molecule is Nc1cc(NC(=O)c2cc(F)cc(Cl)c2)c2c3c1CCN3C(=O)NC2c1cc(Cl)c(F)cc1Cl. The molecule has 174 valence electrons. The number of hydrogen-bond acceptors (Lipinski definition) is 3. The zero-order chi connectivity index (χ0) is 24.3. The van der Waals surface area contributed by atoms with Gasteiger partial charge in [-0.05, 0) is 48.4 Å². The summed E-state index contributed by atoms with van der Waals surface area (Å²) in [6.45, 7) is 0.389. The molecule has 0 fully saturated rings. The topological polar surface area (TPSA) is 87.5 Å². The van der Waals surface area contributed by atoms with E-state index in [1.165, 1.54) is 17.0 Å². The number of amides is 3. The lowest BCUT2D eigenvalue weighted by molar-refractivity contribution is 0.102. The van der Waals surface area contributed by atoms with Crippen LogP contribution in [-0.2, 0) is 6.42 Å². The van der Waals surface area contributed by atoms with Gasteiger partial charge in [0.2, 0.25) is 0 Å². The fourth-order valence-electron chi connectivity index (χ4n) is 4.40. The van der Waals surface area contributed by atoms with Crippen LogP contribution in [-0.4, -0.2) is 18.5 Å². The van der Waals surface area contributed by atoms with Gasteiger partial charge in [-0.15, -0.1) is 0 Å². The van der Waals surface area contributed by atoms with Crippen molar-refractivity contribution in [2.45, 2.75) is 12.5 Å². The average Bonchev–Trinajstić information content (AvgIpc) is 3.21. The summed E-state index contributed by atoms with van der Waals surface area (Å²) >= 11 is 18.2. The Labute approximate surface area is 207 Å². The van der Waals surface area contributed by atoms with Crippen LogP contribution in [0.25, 0.3) is 0 Å². The van der Waals surface area contributed by atoms with Crippen molar-refractivity contribution in [1.29, 1.82) is 0 Å². The van der Waals surface area contributed by atoms with E-state index in [9.17, 15) is 18.4 Å². The fraction of sp³-hybridized carbons (Fsp3) is 0.130. The standard InChI is InChI=1S/C23H15Cl3F2N4O2/c24-10-3-9(4-11(27)5-10)22(33)30-18-8-17(29)12-1-2-32-21(12)19(18)20(31-23(32)34)13-6-15(26)16(28)7-14(13)25/h3-8,20H,1-2,29H2,(H,30,33)(H,31,34). The first-order valence-corrected chi connectivity index (χ1v) is 11.2. The molecule has 0 aromatic heterocycles. The Hall–Kier alpha value is -3.07. The molecule has 6 nitrogen and oxygen atoms in total. The van der Waals surface area contributed by atoms with Crippen molar-refractivity contribution in [3.63, 3.8) is 0 Å². The lowest BCUT2D eigenvalue weighted by atomic mass is 9.91. The first-order chi connectivity index (χ1) is 16.1. The first kappa shape index (κ1) is 22.7. The number of anilines is 3. The number of benzene rings is 3. The van der Waals surface area contributed by atoms with Gasteiger partial charge in [-0.25, -0.2) is 13.6 Å². The van der Waals surface area contributed by atoms with Crippen LogP contribution in [0.5, 0.6) is 0 Å². The molecule has 1 atom stereocenters. The van der Waals surface area contributed by atoms with Gasteiger partial charge >= 0.3 is 6.03 Å². The van der Waals surface area contributed by atoms with Crippen LogP contribution in [0.2, 0.25) is 15.1 Å². The van der Waals surface area contributed by atoms with Gasteiger partial charge in [0.25, 0.3) is 5.91 Å². The highest BCUT2D eigenvalue weighted by Crippen LogP contribution is 2.48. The maximum Gasteiger partial charge on any atom is 0.322 e. The molecule has 2 aliphatic rings. The lowest BCUT2D eigenvalue weighted by Crippen LogP contribution is -2.46. The molecule has 11 heteroatoms. The molecule has 2 aliphatic heterocycles. The van der Waals surface area contributed by atoms with Gasteiger partial charge in [-0.1, -0.05) is 34.8 Å². The molecule has 2 heterocycles. The number of rotatable bonds is 3. The summed E-state index contributed by atoms with van der Waals surface area (Å²) in [7, 11) is 0. The molecule has 34 heavy (non-hydrogen) atoms. The van der Waals surface area contributed by atoms with E-state index in [-0.39, 0.29) is 26.3 Å². The highest BCUT2D eigenvalue weighted by Gasteiger charge is 2.40. The number of carbonyl (C=O) groups excluding carboxylic acids is 2. The Balaban J connectivity index is 1.68. The van der Waals surface area contributed by atoms with E-state index in [4.69, 9.17) is 40.5 Å². The monoisotopic (exact) mass is 522 g/mol. The number of hydrogen-bond donors (Lipinski definition) is 3. The molecule has 3 aromatic carbocycles. The normalized spacial score (nSPS) is 16.3. The van der Waals surface area contributed by atoms with Crippen LogP contribution in [0, 0.1) is 11.6 Å². The fourth-order valence-corrected chi connectivity index (χ4v) is 5.05. The highest BCUT2D eigenvalue weighted by molar-refractivity contribution is 6.34.